The summed E-state index contributed by atoms with van der Waals surface area (Å²) in [6.07, 6.45) is 6.05. The Kier molecular flexibility index (Phi) is 4.60. The van der Waals surface area contributed by atoms with Gasteiger partial charge in [0.2, 0.25) is 0 Å². The lowest BCUT2D eigenvalue weighted by Crippen LogP contribution is -2.43. The van der Waals surface area contributed by atoms with Crippen LogP contribution in [0.25, 0.3) is 0 Å². The highest BCUT2D eigenvalue weighted by Gasteiger charge is 2.36. The first kappa shape index (κ1) is 15.9. The fourth-order valence-corrected chi connectivity index (χ4v) is 3.13. The Morgan fingerprint density at radius 2 is 1.83 bits per heavy atom. The number of benzene rings is 1. The number of nitrogens with zero attached hydrogens (tertiary/aromatic N) is 1. The number of likely N-dealkylation sites (tertiary alicyclic amines) is 1. The highest BCUT2D eigenvalue weighted by atomic mass is 19.3. The highest BCUT2D eigenvalue weighted by Crippen LogP contribution is 2.29. The lowest BCUT2D eigenvalue weighted by Gasteiger charge is -2.32. The molecule has 0 saturated carbocycles. The third-order valence-corrected chi connectivity index (χ3v) is 4.49. The Balaban J connectivity index is 1.65. The summed E-state index contributed by atoms with van der Waals surface area (Å²) in [6.45, 7) is 0.288. The molecule has 1 fully saturated rings. The minimum Gasteiger partial charge on any atom is -0.338 e. The van der Waals surface area contributed by atoms with Gasteiger partial charge in [0.15, 0.2) is 0 Å². The van der Waals surface area contributed by atoms with E-state index in [4.69, 9.17) is 0 Å². The average Bonchev–Trinajstić information content (AvgIpc) is 2.55. The van der Waals surface area contributed by atoms with Crippen molar-refractivity contribution >= 4 is 5.91 Å². The monoisotopic (exact) mass is 317 g/mol. The predicted molar refractivity (Wildman–Crippen MR) is 86.3 cm³/mol. The number of alkyl halides is 2. The number of piperidine rings is 1. The molecule has 0 aromatic heterocycles. The molecule has 1 heterocycles. The van der Waals surface area contributed by atoms with Crippen LogP contribution in [0.2, 0.25) is 0 Å². The highest BCUT2D eigenvalue weighted by molar-refractivity contribution is 5.96. The second-order valence-corrected chi connectivity index (χ2v) is 6.31. The lowest BCUT2D eigenvalue weighted by molar-refractivity contribution is -0.132. The largest absolute Gasteiger partial charge is 0.338 e. The molecule has 1 amide bonds. The van der Waals surface area contributed by atoms with Crippen molar-refractivity contribution in [1.82, 2.24) is 4.90 Å². The first-order valence-electron chi connectivity index (χ1n) is 8.14. The van der Waals surface area contributed by atoms with Crippen molar-refractivity contribution in [3.8, 4) is 0 Å². The standard InChI is InChI=1S/C19H21F2NO/c20-19(21)9-11-22(12-10-19)18(23)17-8-4-7-16(14-17)13-15-5-2-1-3-6-15/h1-3,5-6,8,14H,4,7,9-13H2. The van der Waals surface area contributed by atoms with E-state index in [0.717, 1.165) is 19.3 Å². The molecule has 1 aliphatic carbocycles. The van der Waals surface area contributed by atoms with E-state index in [0.29, 0.717) is 5.57 Å². The fourth-order valence-electron chi connectivity index (χ4n) is 3.13. The zero-order chi connectivity index (χ0) is 16.3. The molecule has 1 aromatic carbocycles. The third-order valence-electron chi connectivity index (χ3n) is 4.49. The Morgan fingerprint density at radius 3 is 2.52 bits per heavy atom. The predicted octanol–water partition coefficient (Wildman–Crippen LogP) is 4.13. The van der Waals surface area contributed by atoms with E-state index in [-0.39, 0.29) is 31.8 Å². The molecule has 4 heteroatoms. The summed E-state index contributed by atoms with van der Waals surface area (Å²) in [5.41, 5.74) is 3.11. The smallest absolute Gasteiger partial charge is 0.253 e. The number of carbonyl (C=O) groups is 1. The summed E-state index contributed by atoms with van der Waals surface area (Å²) in [4.78, 5) is 14.1. The molecular weight excluding hydrogens is 296 g/mol. The molecule has 122 valence electrons. The van der Waals surface area contributed by atoms with E-state index in [2.05, 4.69) is 12.1 Å². The Hall–Kier alpha value is -1.97. The van der Waals surface area contributed by atoms with Gasteiger partial charge in [0.1, 0.15) is 0 Å². The van der Waals surface area contributed by atoms with Crippen LogP contribution in [-0.2, 0) is 11.2 Å². The Labute approximate surface area is 135 Å². The van der Waals surface area contributed by atoms with Crippen LogP contribution < -0.4 is 0 Å². The SMILES string of the molecule is O=C(C1=CCCC(Cc2ccccc2)=C1)N1CCC(F)(F)CC1. The molecule has 0 unspecified atom stereocenters. The van der Waals surface area contributed by atoms with Crippen LogP contribution in [0.1, 0.15) is 31.2 Å². The second kappa shape index (κ2) is 6.65. The van der Waals surface area contributed by atoms with Crippen molar-refractivity contribution in [2.24, 2.45) is 0 Å². The number of rotatable bonds is 3. The second-order valence-electron chi connectivity index (χ2n) is 6.31. The van der Waals surface area contributed by atoms with Crippen molar-refractivity contribution in [1.29, 1.82) is 0 Å². The summed E-state index contributed by atoms with van der Waals surface area (Å²) in [5, 5.41) is 0. The first-order chi connectivity index (χ1) is 11.0. The fraction of sp³-hybridized carbons (Fsp3) is 0.421. The quantitative estimate of drug-likeness (QED) is 0.821. The minimum atomic E-state index is -2.62. The maximum atomic E-state index is 13.2. The van der Waals surface area contributed by atoms with Crippen LogP contribution in [0.4, 0.5) is 8.78 Å². The first-order valence-corrected chi connectivity index (χ1v) is 8.14. The molecule has 23 heavy (non-hydrogen) atoms. The molecule has 2 aliphatic rings. The Bertz CT molecular complexity index is 624. The van der Waals surface area contributed by atoms with Crippen LogP contribution in [0.15, 0.2) is 53.6 Å². The number of allylic oxidation sites excluding steroid dienone is 2. The normalized spacial score (nSPS) is 20.7. The van der Waals surface area contributed by atoms with Crippen molar-refractivity contribution < 1.29 is 13.6 Å². The van der Waals surface area contributed by atoms with Gasteiger partial charge in [-0.1, -0.05) is 48.1 Å². The number of halogens is 2. The molecular formula is C19H21F2NO. The van der Waals surface area contributed by atoms with Gasteiger partial charge >= 0.3 is 0 Å². The van der Waals surface area contributed by atoms with E-state index < -0.39 is 5.92 Å². The molecule has 1 saturated heterocycles. The van der Waals surface area contributed by atoms with E-state index in [1.165, 1.54) is 11.1 Å². The van der Waals surface area contributed by atoms with Gasteiger partial charge in [0.25, 0.3) is 11.8 Å². The maximum absolute atomic E-state index is 13.2. The van der Waals surface area contributed by atoms with Gasteiger partial charge < -0.3 is 4.90 Å². The van der Waals surface area contributed by atoms with Crippen LogP contribution in [0.3, 0.4) is 0 Å². The van der Waals surface area contributed by atoms with E-state index in [1.54, 1.807) is 4.90 Å². The molecule has 0 N–H and O–H groups in total. The van der Waals surface area contributed by atoms with Gasteiger partial charge in [-0.3, -0.25) is 4.79 Å². The van der Waals surface area contributed by atoms with Gasteiger partial charge in [-0.05, 0) is 24.8 Å². The Morgan fingerprint density at radius 1 is 1.13 bits per heavy atom. The van der Waals surface area contributed by atoms with Crippen LogP contribution in [0.5, 0.6) is 0 Å². The van der Waals surface area contributed by atoms with E-state index >= 15 is 0 Å². The van der Waals surface area contributed by atoms with Gasteiger partial charge in [0, 0.05) is 31.5 Å². The molecule has 1 aliphatic heterocycles. The van der Waals surface area contributed by atoms with Crippen LogP contribution in [0, 0.1) is 0 Å². The van der Waals surface area contributed by atoms with Gasteiger partial charge in [-0.25, -0.2) is 8.78 Å². The number of hydrogen-bond donors (Lipinski definition) is 0. The number of carbonyl (C=O) groups excluding carboxylic acids is 1. The molecule has 0 spiro atoms. The van der Waals surface area contributed by atoms with Crippen molar-refractivity contribution in [3.63, 3.8) is 0 Å². The number of hydrogen-bond acceptors (Lipinski definition) is 1. The van der Waals surface area contributed by atoms with Crippen molar-refractivity contribution in [3.05, 3.63) is 59.2 Å². The lowest BCUT2D eigenvalue weighted by atomic mass is 9.93. The van der Waals surface area contributed by atoms with E-state index in [9.17, 15) is 13.6 Å². The van der Waals surface area contributed by atoms with Crippen molar-refractivity contribution in [2.75, 3.05) is 13.1 Å². The average molecular weight is 317 g/mol. The molecule has 0 radical (unpaired) electrons. The molecule has 3 rings (SSSR count). The van der Waals surface area contributed by atoms with Gasteiger partial charge in [-0.2, -0.15) is 0 Å². The summed E-state index contributed by atoms with van der Waals surface area (Å²) < 4.78 is 26.4. The molecule has 0 bridgehead atoms. The number of amides is 1. The van der Waals surface area contributed by atoms with Gasteiger partial charge in [-0.15, -0.1) is 0 Å². The maximum Gasteiger partial charge on any atom is 0.253 e. The summed E-state index contributed by atoms with van der Waals surface area (Å²) in [5.74, 6) is -2.72. The van der Waals surface area contributed by atoms with Crippen LogP contribution in [-0.4, -0.2) is 29.8 Å². The molecule has 0 atom stereocenters. The third kappa shape index (κ3) is 4.06. The summed E-state index contributed by atoms with van der Waals surface area (Å²) in [6, 6.07) is 10.2. The zero-order valence-electron chi connectivity index (χ0n) is 13.1. The zero-order valence-corrected chi connectivity index (χ0v) is 13.1. The summed E-state index contributed by atoms with van der Waals surface area (Å²) >= 11 is 0. The minimum absolute atomic E-state index is 0.106. The van der Waals surface area contributed by atoms with Crippen LogP contribution >= 0.6 is 0 Å². The van der Waals surface area contributed by atoms with Gasteiger partial charge in [0.05, 0.1) is 0 Å². The van der Waals surface area contributed by atoms with E-state index in [1.807, 2.05) is 30.4 Å². The topological polar surface area (TPSA) is 20.3 Å². The summed E-state index contributed by atoms with van der Waals surface area (Å²) in [7, 11) is 0. The molecule has 2 nitrogen and oxygen atoms in total. The molecule has 1 aromatic rings. The van der Waals surface area contributed by atoms with Crippen molar-refractivity contribution in [2.45, 2.75) is 38.0 Å².